The fourth-order valence-corrected chi connectivity index (χ4v) is 4.10. The molecular formula is C22H28N2O2S. The fourth-order valence-electron chi connectivity index (χ4n) is 3.31. The van der Waals surface area contributed by atoms with Crippen LogP contribution in [0.3, 0.4) is 0 Å². The van der Waals surface area contributed by atoms with E-state index in [-0.39, 0.29) is 5.91 Å². The van der Waals surface area contributed by atoms with Gasteiger partial charge < -0.3 is 15.0 Å². The van der Waals surface area contributed by atoms with E-state index in [2.05, 4.69) is 66.5 Å². The van der Waals surface area contributed by atoms with Gasteiger partial charge in [-0.15, -0.1) is 11.8 Å². The molecular weight excluding hydrogens is 356 g/mol. The van der Waals surface area contributed by atoms with E-state index in [1.165, 1.54) is 22.4 Å². The highest BCUT2D eigenvalue weighted by molar-refractivity contribution is 7.99. The van der Waals surface area contributed by atoms with Crippen LogP contribution in [-0.2, 0) is 21.8 Å². The van der Waals surface area contributed by atoms with Crippen molar-refractivity contribution in [2.24, 2.45) is 0 Å². The summed E-state index contributed by atoms with van der Waals surface area (Å²) in [5.74, 6) is 1.44. The lowest BCUT2D eigenvalue weighted by Gasteiger charge is -2.28. The first-order chi connectivity index (χ1) is 13.1. The van der Waals surface area contributed by atoms with Crippen molar-refractivity contribution in [3.05, 3.63) is 64.7 Å². The number of benzene rings is 2. The van der Waals surface area contributed by atoms with Crippen LogP contribution in [0.1, 0.15) is 22.3 Å². The lowest BCUT2D eigenvalue weighted by Crippen LogP contribution is -2.36. The van der Waals surface area contributed by atoms with E-state index in [4.69, 9.17) is 4.74 Å². The average Bonchev–Trinajstić information content (AvgIpc) is 2.67. The predicted molar refractivity (Wildman–Crippen MR) is 113 cm³/mol. The highest BCUT2D eigenvalue weighted by Gasteiger charge is 2.11. The van der Waals surface area contributed by atoms with Gasteiger partial charge in [0.15, 0.2) is 0 Å². The van der Waals surface area contributed by atoms with Crippen molar-refractivity contribution in [1.82, 2.24) is 5.32 Å². The van der Waals surface area contributed by atoms with E-state index in [1.54, 1.807) is 11.8 Å². The van der Waals surface area contributed by atoms with Crippen molar-refractivity contribution in [2.45, 2.75) is 26.1 Å². The van der Waals surface area contributed by atoms with Crippen LogP contribution >= 0.6 is 11.8 Å². The van der Waals surface area contributed by atoms with Gasteiger partial charge in [-0.3, -0.25) is 4.79 Å². The Morgan fingerprint density at radius 3 is 2.37 bits per heavy atom. The van der Waals surface area contributed by atoms with Crippen molar-refractivity contribution >= 4 is 23.4 Å². The normalized spacial score (nSPS) is 14.2. The summed E-state index contributed by atoms with van der Waals surface area (Å²) in [6.45, 7) is 8.25. The quantitative estimate of drug-likeness (QED) is 0.791. The molecule has 0 atom stereocenters. The predicted octanol–water partition coefficient (Wildman–Crippen LogP) is 3.69. The van der Waals surface area contributed by atoms with E-state index in [9.17, 15) is 4.79 Å². The topological polar surface area (TPSA) is 41.6 Å². The zero-order valence-corrected chi connectivity index (χ0v) is 17.0. The molecule has 1 aliphatic rings. The maximum atomic E-state index is 12.1. The Labute approximate surface area is 166 Å². The number of aryl methyl sites for hydroxylation is 2. The van der Waals surface area contributed by atoms with Crippen LogP contribution in [0.15, 0.2) is 42.5 Å². The Balaban J connectivity index is 1.39. The molecule has 2 aromatic rings. The minimum absolute atomic E-state index is 0.0848. The zero-order valence-electron chi connectivity index (χ0n) is 16.2. The lowest BCUT2D eigenvalue weighted by atomic mass is 10.1. The lowest BCUT2D eigenvalue weighted by molar-refractivity contribution is -0.118. The Hall–Kier alpha value is -1.98. The molecule has 1 amide bonds. The average molecular weight is 385 g/mol. The molecule has 144 valence electrons. The number of rotatable bonds is 7. The summed E-state index contributed by atoms with van der Waals surface area (Å²) in [4.78, 5) is 14.4. The van der Waals surface area contributed by atoms with Gasteiger partial charge in [0.05, 0.1) is 19.0 Å². The highest BCUT2D eigenvalue weighted by Crippen LogP contribution is 2.17. The van der Waals surface area contributed by atoms with Crippen LogP contribution in [0.5, 0.6) is 0 Å². The largest absolute Gasteiger partial charge is 0.378 e. The minimum atomic E-state index is 0.0848. The summed E-state index contributed by atoms with van der Waals surface area (Å²) in [7, 11) is 0. The van der Waals surface area contributed by atoms with Crippen molar-refractivity contribution in [1.29, 1.82) is 0 Å². The Bertz CT molecular complexity index is 735. The molecule has 0 aliphatic carbocycles. The number of amides is 1. The number of ether oxygens (including phenoxy) is 1. The summed E-state index contributed by atoms with van der Waals surface area (Å²) in [5.41, 5.74) is 6.17. The van der Waals surface area contributed by atoms with Gasteiger partial charge in [0.1, 0.15) is 0 Å². The summed E-state index contributed by atoms with van der Waals surface area (Å²) in [6, 6.07) is 15.0. The van der Waals surface area contributed by atoms with E-state index in [0.717, 1.165) is 37.6 Å². The molecule has 3 rings (SSSR count). The van der Waals surface area contributed by atoms with Crippen LogP contribution in [0.2, 0.25) is 0 Å². The third kappa shape index (κ3) is 6.29. The van der Waals surface area contributed by atoms with Crippen LogP contribution in [0.4, 0.5) is 5.69 Å². The SMILES string of the molecule is Cc1cc(C)cc(CSCC(=O)NCc2ccc(N3CCOCC3)cc2)c1. The second-order valence-corrected chi connectivity index (χ2v) is 8.02. The maximum Gasteiger partial charge on any atom is 0.230 e. The Morgan fingerprint density at radius 2 is 1.70 bits per heavy atom. The van der Waals surface area contributed by atoms with Gasteiger partial charge in [-0.25, -0.2) is 0 Å². The summed E-state index contributed by atoms with van der Waals surface area (Å²) >= 11 is 1.66. The summed E-state index contributed by atoms with van der Waals surface area (Å²) < 4.78 is 5.39. The number of carbonyl (C=O) groups excluding carboxylic acids is 1. The van der Waals surface area contributed by atoms with Crippen molar-refractivity contribution in [3.8, 4) is 0 Å². The number of carbonyl (C=O) groups is 1. The molecule has 0 saturated carbocycles. The second-order valence-electron chi connectivity index (χ2n) is 7.03. The van der Waals surface area contributed by atoms with Gasteiger partial charge >= 0.3 is 0 Å². The van der Waals surface area contributed by atoms with Gasteiger partial charge in [-0.2, -0.15) is 0 Å². The molecule has 27 heavy (non-hydrogen) atoms. The second kappa shape index (κ2) is 9.81. The van der Waals surface area contributed by atoms with Crippen LogP contribution in [0.25, 0.3) is 0 Å². The van der Waals surface area contributed by atoms with Crippen LogP contribution < -0.4 is 10.2 Å². The molecule has 0 spiro atoms. The highest BCUT2D eigenvalue weighted by atomic mass is 32.2. The molecule has 0 unspecified atom stereocenters. The molecule has 0 aromatic heterocycles. The van der Waals surface area contributed by atoms with Crippen molar-refractivity contribution in [3.63, 3.8) is 0 Å². The van der Waals surface area contributed by atoms with E-state index >= 15 is 0 Å². The fraction of sp³-hybridized carbons (Fsp3) is 0.409. The van der Waals surface area contributed by atoms with E-state index in [0.29, 0.717) is 12.3 Å². The molecule has 2 aromatic carbocycles. The number of hydrogen-bond acceptors (Lipinski definition) is 4. The zero-order chi connectivity index (χ0) is 19.1. The number of thioether (sulfide) groups is 1. The van der Waals surface area contributed by atoms with Gasteiger partial charge in [0.25, 0.3) is 0 Å². The first-order valence-corrected chi connectivity index (χ1v) is 10.6. The molecule has 1 saturated heterocycles. The number of nitrogens with zero attached hydrogens (tertiary/aromatic N) is 1. The van der Waals surface area contributed by atoms with Gasteiger partial charge in [-0.05, 0) is 37.1 Å². The van der Waals surface area contributed by atoms with Crippen molar-refractivity contribution in [2.75, 3.05) is 37.0 Å². The molecule has 1 fully saturated rings. The first-order valence-electron chi connectivity index (χ1n) is 9.43. The standard InChI is InChI=1S/C22H28N2O2S/c1-17-11-18(2)13-20(12-17)15-27-16-22(25)23-14-19-3-5-21(6-4-19)24-7-9-26-10-8-24/h3-6,11-13H,7-10,14-16H2,1-2H3,(H,23,25). The molecule has 1 N–H and O–H groups in total. The summed E-state index contributed by atoms with van der Waals surface area (Å²) in [5, 5.41) is 3.01. The number of hydrogen-bond donors (Lipinski definition) is 1. The minimum Gasteiger partial charge on any atom is -0.378 e. The molecule has 4 nitrogen and oxygen atoms in total. The van der Waals surface area contributed by atoms with E-state index < -0.39 is 0 Å². The third-order valence-corrected chi connectivity index (χ3v) is 5.59. The Morgan fingerprint density at radius 1 is 1.04 bits per heavy atom. The van der Waals surface area contributed by atoms with Crippen LogP contribution in [-0.4, -0.2) is 38.0 Å². The molecule has 0 bridgehead atoms. The van der Waals surface area contributed by atoms with E-state index in [1.807, 2.05) is 0 Å². The smallest absolute Gasteiger partial charge is 0.230 e. The number of anilines is 1. The van der Waals surface area contributed by atoms with Crippen molar-refractivity contribution < 1.29 is 9.53 Å². The van der Waals surface area contributed by atoms with Crippen LogP contribution in [0, 0.1) is 13.8 Å². The van der Waals surface area contributed by atoms with Gasteiger partial charge in [0, 0.05) is 31.1 Å². The molecule has 1 heterocycles. The number of nitrogens with one attached hydrogen (secondary N) is 1. The monoisotopic (exact) mass is 384 g/mol. The molecule has 5 heteroatoms. The third-order valence-electron chi connectivity index (χ3n) is 4.59. The molecule has 0 radical (unpaired) electrons. The summed E-state index contributed by atoms with van der Waals surface area (Å²) in [6.07, 6.45) is 0. The van der Waals surface area contributed by atoms with Gasteiger partial charge in [0.2, 0.25) is 5.91 Å². The number of morpholine rings is 1. The first kappa shape index (κ1) is 19.8. The maximum absolute atomic E-state index is 12.1. The van der Waals surface area contributed by atoms with Gasteiger partial charge in [-0.1, -0.05) is 41.5 Å². The molecule has 1 aliphatic heterocycles. The Kier molecular flexibility index (Phi) is 7.18.